The van der Waals surface area contributed by atoms with E-state index < -0.39 is 29.4 Å². The molecule has 1 N–H and O–H groups in total. The average molecular weight is 527 g/mol. The molecule has 1 heterocycles. The highest BCUT2D eigenvalue weighted by Crippen LogP contribution is 2.37. The van der Waals surface area contributed by atoms with Gasteiger partial charge in [-0.05, 0) is 50.7 Å². The number of halogens is 6. The van der Waals surface area contributed by atoms with E-state index in [9.17, 15) is 36.2 Å². The molecule has 0 bridgehead atoms. The number of alkyl halides is 6. The largest absolute Gasteiger partial charge is 0.478 e. The van der Waals surface area contributed by atoms with Crippen molar-refractivity contribution in [2.24, 2.45) is 0 Å². The van der Waals surface area contributed by atoms with E-state index >= 15 is 0 Å². The van der Waals surface area contributed by atoms with Gasteiger partial charge in [-0.3, -0.25) is 0 Å². The first kappa shape index (κ1) is 27.9. The normalized spacial score (nSPS) is 12.1. The van der Waals surface area contributed by atoms with Crippen LogP contribution < -0.4 is 4.74 Å². The van der Waals surface area contributed by atoms with Crippen LogP contribution in [-0.2, 0) is 25.2 Å². The zero-order chi connectivity index (χ0) is 27.4. The second-order valence-electron chi connectivity index (χ2n) is 8.41. The van der Waals surface area contributed by atoms with E-state index in [1.807, 2.05) is 19.0 Å². The fourth-order valence-electron chi connectivity index (χ4n) is 3.51. The molecule has 12 heteroatoms. The number of aromatic nitrogens is 2. The Bertz CT molecular complexity index is 1210. The molecule has 0 spiro atoms. The highest BCUT2D eigenvalue weighted by Gasteiger charge is 2.37. The maximum absolute atomic E-state index is 13.3. The minimum atomic E-state index is -4.99. The van der Waals surface area contributed by atoms with Gasteiger partial charge in [0, 0.05) is 12.1 Å². The Morgan fingerprint density at radius 2 is 1.51 bits per heavy atom. The first-order valence-corrected chi connectivity index (χ1v) is 11.0. The van der Waals surface area contributed by atoms with Gasteiger partial charge in [-0.25, -0.2) is 4.79 Å². The van der Waals surface area contributed by atoms with E-state index in [4.69, 9.17) is 4.74 Å². The molecule has 2 aromatic carbocycles. The zero-order valence-electron chi connectivity index (χ0n) is 19.8. The number of hydrogen-bond donors (Lipinski definition) is 1. The third kappa shape index (κ3) is 7.42. The van der Waals surface area contributed by atoms with Gasteiger partial charge in [0.05, 0.1) is 22.5 Å². The van der Waals surface area contributed by atoms with E-state index in [-0.39, 0.29) is 54.0 Å². The Labute approximate surface area is 208 Å². The van der Waals surface area contributed by atoms with Crippen molar-refractivity contribution in [1.29, 1.82) is 0 Å². The summed E-state index contributed by atoms with van der Waals surface area (Å²) in [4.78, 5) is 22.4. The molecule has 0 unspecified atom stereocenters. The lowest BCUT2D eigenvalue weighted by Crippen LogP contribution is -2.21. The van der Waals surface area contributed by atoms with Gasteiger partial charge in [-0.1, -0.05) is 30.3 Å². The quantitative estimate of drug-likeness (QED) is 0.365. The first-order chi connectivity index (χ1) is 17.3. The smallest absolute Gasteiger partial charge is 0.416 e. The molecule has 0 atom stereocenters. The van der Waals surface area contributed by atoms with Crippen molar-refractivity contribution in [2.45, 2.75) is 25.2 Å². The number of aryl methyl sites for hydroxylation is 2. The summed E-state index contributed by atoms with van der Waals surface area (Å²) in [6, 6.07) is 9.39. The minimum absolute atomic E-state index is 0.0259. The Kier molecular flexibility index (Phi) is 8.42. The molecule has 0 fully saturated rings. The lowest BCUT2D eigenvalue weighted by Gasteiger charge is -2.16. The van der Waals surface area contributed by atoms with Gasteiger partial charge in [-0.15, -0.1) is 0 Å². The van der Waals surface area contributed by atoms with Gasteiger partial charge in [0.25, 0.3) is 0 Å². The molecule has 3 rings (SSSR count). The van der Waals surface area contributed by atoms with E-state index in [0.717, 1.165) is 0 Å². The second kappa shape index (κ2) is 11.2. The molecule has 0 radical (unpaired) electrons. The number of ether oxygens (including phenoxy) is 1. The van der Waals surface area contributed by atoms with Crippen molar-refractivity contribution in [3.05, 3.63) is 76.5 Å². The van der Waals surface area contributed by atoms with E-state index in [1.54, 1.807) is 30.3 Å². The van der Waals surface area contributed by atoms with E-state index in [0.29, 0.717) is 24.2 Å². The second-order valence-corrected chi connectivity index (χ2v) is 8.41. The maximum atomic E-state index is 13.3. The fraction of sp³-hybridized carbons (Fsp3) is 0.320. The van der Waals surface area contributed by atoms with Crippen LogP contribution in [0.15, 0.2) is 48.5 Å². The van der Waals surface area contributed by atoms with Gasteiger partial charge in [0.15, 0.2) is 0 Å². The molecule has 3 aromatic rings. The van der Waals surface area contributed by atoms with Crippen LogP contribution in [-0.4, -0.2) is 53.2 Å². The summed E-state index contributed by atoms with van der Waals surface area (Å²) in [6.45, 7) is 0.653. The number of aromatic carboxylic acids is 1. The van der Waals surface area contributed by atoms with Crippen LogP contribution in [0.25, 0.3) is 11.3 Å². The molecule has 198 valence electrons. The number of carbonyl (C=O) groups is 1. The van der Waals surface area contributed by atoms with Gasteiger partial charge >= 0.3 is 24.3 Å². The Hall–Kier alpha value is -3.67. The number of likely N-dealkylation sites (N-methyl/N-ethyl adjacent to an activating group) is 1. The average Bonchev–Trinajstić information content (AvgIpc) is 2.81. The number of rotatable bonds is 9. The van der Waals surface area contributed by atoms with E-state index in [1.165, 1.54) is 0 Å². The summed E-state index contributed by atoms with van der Waals surface area (Å²) in [6.07, 6.45) is -10.6. The number of nitrogens with zero attached hydrogens (tertiary/aromatic N) is 3. The molecule has 0 aliphatic rings. The first-order valence-electron chi connectivity index (χ1n) is 11.0. The Morgan fingerprint density at radius 3 is 2.03 bits per heavy atom. The van der Waals surface area contributed by atoms with Crippen LogP contribution in [0.1, 0.15) is 32.7 Å². The van der Waals surface area contributed by atoms with E-state index in [2.05, 4.69) is 9.97 Å². The molecule has 0 amide bonds. The lowest BCUT2D eigenvalue weighted by molar-refractivity contribution is -0.143. The van der Waals surface area contributed by atoms with Gasteiger partial charge in [-0.2, -0.15) is 36.3 Å². The fourth-order valence-corrected chi connectivity index (χ4v) is 3.51. The summed E-state index contributed by atoms with van der Waals surface area (Å²) < 4.78 is 85.1. The lowest BCUT2D eigenvalue weighted by atomic mass is 9.98. The molecular weight excluding hydrogens is 504 g/mol. The minimum Gasteiger partial charge on any atom is -0.478 e. The SMILES string of the molecule is CN(C)CCOc1nc(CCc2cc(C(F)(F)F)cc(C(F)(F)F)c2)c(C(=O)O)c(-c2ccccc2)n1. The van der Waals surface area contributed by atoms with Gasteiger partial charge in [0.1, 0.15) is 12.2 Å². The Morgan fingerprint density at radius 1 is 0.919 bits per heavy atom. The summed E-state index contributed by atoms with van der Waals surface area (Å²) in [5.41, 5.74) is -3.10. The van der Waals surface area contributed by atoms with Crippen LogP contribution >= 0.6 is 0 Å². The van der Waals surface area contributed by atoms with Gasteiger partial charge < -0.3 is 14.7 Å². The summed E-state index contributed by atoms with van der Waals surface area (Å²) in [5.74, 6) is -1.39. The number of hydrogen-bond acceptors (Lipinski definition) is 5. The van der Waals surface area contributed by atoms with Crippen molar-refractivity contribution < 1.29 is 41.0 Å². The molecule has 0 aliphatic heterocycles. The molecule has 37 heavy (non-hydrogen) atoms. The molecule has 6 nitrogen and oxygen atoms in total. The standard InChI is InChI=1S/C25H23F6N3O3/c1-34(2)10-11-37-23-32-19(20(22(35)36)21(33-23)16-6-4-3-5-7-16)9-8-15-12-17(24(26,27)28)14-18(13-15)25(29,30)31/h3-7,12-14H,8-11H2,1-2H3,(H,35,36). The zero-order valence-corrected chi connectivity index (χ0v) is 19.8. The third-order valence-corrected chi connectivity index (χ3v) is 5.29. The molecular formula is C25H23F6N3O3. The topological polar surface area (TPSA) is 75.5 Å². The molecule has 1 aromatic heterocycles. The molecule has 0 saturated carbocycles. The van der Waals surface area contributed by atoms with Crippen molar-refractivity contribution >= 4 is 5.97 Å². The maximum Gasteiger partial charge on any atom is 0.416 e. The monoisotopic (exact) mass is 527 g/mol. The Balaban J connectivity index is 2.06. The molecule has 0 aliphatic carbocycles. The molecule has 0 saturated heterocycles. The van der Waals surface area contributed by atoms with Crippen LogP contribution in [0.2, 0.25) is 0 Å². The number of benzene rings is 2. The summed E-state index contributed by atoms with van der Waals surface area (Å²) in [7, 11) is 3.62. The number of carboxylic acids is 1. The summed E-state index contributed by atoms with van der Waals surface area (Å²) in [5, 5.41) is 9.92. The number of carboxylic acid groups (broad SMARTS) is 1. The van der Waals surface area contributed by atoms with Crippen molar-refractivity contribution in [2.75, 3.05) is 27.2 Å². The van der Waals surface area contributed by atoms with Crippen LogP contribution in [0.5, 0.6) is 6.01 Å². The van der Waals surface area contributed by atoms with Gasteiger partial charge in [0.2, 0.25) is 0 Å². The highest BCUT2D eigenvalue weighted by atomic mass is 19.4. The van der Waals surface area contributed by atoms with Crippen LogP contribution in [0, 0.1) is 0 Å². The van der Waals surface area contributed by atoms with Crippen molar-refractivity contribution in [1.82, 2.24) is 14.9 Å². The van der Waals surface area contributed by atoms with Crippen LogP contribution in [0.3, 0.4) is 0 Å². The predicted octanol–water partition coefficient (Wildman–Crippen LogP) is 5.61. The van der Waals surface area contributed by atoms with Crippen molar-refractivity contribution in [3.8, 4) is 17.3 Å². The summed E-state index contributed by atoms with van der Waals surface area (Å²) >= 11 is 0. The van der Waals surface area contributed by atoms with Crippen LogP contribution in [0.4, 0.5) is 26.3 Å². The highest BCUT2D eigenvalue weighted by molar-refractivity contribution is 5.96. The predicted molar refractivity (Wildman–Crippen MR) is 122 cm³/mol. The third-order valence-electron chi connectivity index (χ3n) is 5.29. The van der Waals surface area contributed by atoms with Crippen molar-refractivity contribution in [3.63, 3.8) is 0 Å².